The van der Waals surface area contributed by atoms with E-state index >= 15 is 0 Å². The highest BCUT2D eigenvalue weighted by Crippen LogP contribution is 2.31. The fourth-order valence-corrected chi connectivity index (χ4v) is 3.22. The molecule has 0 aromatic heterocycles. The van der Waals surface area contributed by atoms with Crippen molar-refractivity contribution in [2.24, 2.45) is 0 Å². The van der Waals surface area contributed by atoms with Crippen LogP contribution in [0.15, 0.2) is 85.0 Å². The van der Waals surface area contributed by atoms with E-state index in [4.69, 9.17) is 4.74 Å². The van der Waals surface area contributed by atoms with Gasteiger partial charge in [-0.1, -0.05) is 74.2 Å². The van der Waals surface area contributed by atoms with Crippen molar-refractivity contribution in [1.82, 2.24) is 10.2 Å². The van der Waals surface area contributed by atoms with Crippen molar-refractivity contribution in [3.8, 4) is 5.75 Å². The molecule has 2 aromatic carbocycles. The number of hydrogen-bond donors (Lipinski definition) is 1. The summed E-state index contributed by atoms with van der Waals surface area (Å²) in [5.74, 6) is 0.289. The van der Waals surface area contributed by atoms with Crippen LogP contribution in [-0.4, -0.2) is 29.9 Å². The maximum atomic E-state index is 12.8. The van der Waals surface area contributed by atoms with Crippen molar-refractivity contribution in [2.45, 2.75) is 26.4 Å². The van der Waals surface area contributed by atoms with Gasteiger partial charge < -0.3 is 15.0 Å². The molecule has 1 aliphatic heterocycles. The zero-order valence-electron chi connectivity index (χ0n) is 17.9. The molecule has 2 amide bonds. The molecule has 5 nitrogen and oxygen atoms in total. The lowest BCUT2D eigenvalue weighted by atomic mass is 10.1. The molecule has 5 heteroatoms. The monoisotopic (exact) mass is 416 g/mol. The first kappa shape index (κ1) is 22.1. The summed E-state index contributed by atoms with van der Waals surface area (Å²) in [6.07, 6.45) is 4.71. The van der Waals surface area contributed by atoms with Gasteiger partial charge in [-0.2, -0.15) is 0 Å². The first-order valence-corrected chi connectivity index (χ1v) is 10.4. The van der Waals surface area contributed by atoms with E-state index in [1.807, 2.05) is 55.5 Å². The van der Waals surface area contributed by atoms with Gasteiger partial charge in [-0.3, -0.25) is 9.59 Å². The Kier molecular flexibility index (Phi) is 7.44. The van der Waals surface area contributed by atoms with E-state index < -0.39 is 0 Å². The summed E-state index contributed by atoms with van der Waals surface area (Å²) in [5.41, 5.74) is 4.23. The van der Waals surface area contributed by atoms with Gasteiger partial charge in [0.2, 0.25) is 5.91 Å². The largest absolute Gasteiger partial charge is 0.489 e. The minimum Gasteiger partial charge on any atom is -0.489 e. The Hall–Kier alpha value is -3.60. The Morgan fingerprint density at radius 3 is 2.58 bits per heavy atom. The van der Waals surface area contributed by atoms with E-state index in [1.54, 1.807) is 12.1 Å². The van der Waals surface area contributed by atoms with Crippen LogP contribution in [0.4, 0.5) is 0 Å². The molecule has 160 valence electrons. The van der Waals surface area contributed by atoms with Crippen LogP contribution in [0.5, 0.6) is 5.75 Å². The van der Waals surface area contributed by atoms with E-state index in [1.165, 1.54) is 4.90 Å². The molecule has 0 radical (unpaired) electrons. The number of fused-ring (bicyclic) bond motifs is 1. The molecule has 1 heterocycles. The van der Waals surface area contributed by atoms with Gasteiger partial charge in [-0.25, -0.2) is 0 Å². The summed E-state index contributed by atoms with van der Waals surface area (Å²) in [4.78, 5) is 26.7. The SMILES string of the molecule is C=C(/C=C\C(=C)COc1cccc2c1CN(CC(=O)NCc1ccccc1)C2=O)CC. The highest BCUT2D eigenvalue weighted by molar-refractivity contribution is 6.00. The Balaban J connectivity index is 1.57. The second kappa shape index (κ2) is 10.4. The number of ether oxygens (including phenoxy) is 1. The molecule has 0 aliphatic carbocycles. The van der Waals surface area contributed by atoms with Gasteiger partial charge in [0.15, 0.2) is 0 Å². The van der Waals surface area contributed by atoms with Crippen LogP contribution in [0.1, 0.15) is 34.8 Å². The summed E-state index contributed by atoms with van der Waals surface area (Å²) < 4.78 is 5.92. The maximum absolute atomic E-state index is 12.8. The number of carbonyl (C=O) groups is 2. The van der Waals surface area contributed by atoms with Gasteiger partial charge in [0.05, 0.1) is 6.54 Å². The highest BCUT2D eigenvalue weighted by Gasteiger charge is 2.31. The topological polar surface area (TPSA) is 58.6 Å². The van der Waals surface area contributed by atoms with E-state index in [0.29, 0.717) is 31.0 Å². The minimum absolute atomic E-state index is 0.00830. The lowest BCUT2D eigenvalue weighted by Gasteiger charge is -2.15. The molecule has 0 spiro atoms. The van der Waals surface area contributed by atoms with Crippen LogP contribution in [-0.2, 0) is 17.9 Å². The first-order valence-electron chi connectivity index (χ1n) is 10.4. The summed E-state index contributed by atoms with van der Waals surface area (Å²) in [5, 5.41) is 2.87. The third-order valence-electron chi connectivity index (χ3n) is 5.09. The third-order valence-corrected chi connectivity index (χ3v) is 5.09. The second-order valence-electron chi connectivity index (χ2n) is 7.50. The number of allylic oxidation sites excluding steroid dienone is 2. The van der Waals surface area contributed by atoms with E-state index in [9.17, 15) is 9.59 Å². The van der Waals surface area contributed by atoms with Gasteiger partial charge in [-0.15, -0.1) is 0 Å². The van der Waals surface area contributed by atoms with E-state index in [2.05, 4.69) is 18.5 Å². The molecule has 1 aliphatic rings. The Morgan fingerprint density at radius 2 is 1.84 bits per heavy atom. The molecule has 0 saturated heterocycles. The molecule has 2 aromatic rings. The number of carbonyl (C=O) groups excluding carboxylic acids is 2. The zero-order chi connectivity index (χ0) is 22.2. The fourth-order valence-electron chi connectivity index (χ4n) is 3.22. The number of hydrogen-bond acceptors (Lipinski definition) is 3. The minimum atomic E-state index is -0.192. The van der Waals surface area contributed by atoms with E-state index in [-0.39, 0.29) is 18.4 Å². The standard InChI is InChI=1S/C26H28N2O3/c1-4-19(2)13-14-20(3)18-31-24-12-8-11-22-23(24)16-28(26(22)30)17-25(29)27-15-21-9-6-5-7-10-21/h5-14H,2-4,15-18H2,1H3,(H,27,29)/b14-13-. The van der Waals surface area contributed by atoms with Crippen molar-refractivity contribution < 1.29 is 14.3 Å². The number of rotatable bonds is 10. The predicted octanol–water partition coefficient (Wildman–Crippen LogP) is 4.42. The first-order chi connectivity index (χ1) is 15.0. The molecular weight excluding hydrogens is 388 g/mol. The molecule has 3 rings (SSSR count). The molecule has 0 saturated carbocycles. The van der Waals surface area contributed by atoms with Gasteiger partial charge in [0.1, 0.15) is 18.9 Å². The lowest BCUT2D eigenvalue weighted by molar-refractivity contribution is -0.122. The van der Waals surface area contributed by atoms with Gasteiger partial charge in [0.25, 0.3) is 5.91 Å². The van der Waals surface area contributed by atoms with Crippen molar-refractivity contribution in [2.75, 3.05) is 13.2 Å². The molecule has 0 unspecified atom stereocenters. The molecule has 0 bridgehead atoms. The van der Waals surface area contributed by atoms with E-state index in [0.717, 1.165) is 28.7 Å². The van der Waals surface area contributed by atoms with Crippen LogP contribution < -0.4 is 10.1 Å². The van der Waals surface area contributed by atoms with Crippen molar-refractivity contribution in [3.05, 3.63) is 102 Å². The van der Waals surface area contributed by atoms with Crippen molar-refractivity contribution >= 4 is 11.8 Å². The lowest BCUT2D eigenvalue weighted by Crippen LogP contribution is -2.37. The predicted molar refractivity (Wildman–Crippen MR) is 123 cm³/mol. The third kappa shape index (κ3) is 5.95. The average molecular weight is 417 g/mol. The van der Waals surface area contributed by atoms with Crippen molar-refractivity contribution in [1.29, 1.82) is 0 Å². The highest BCUT2D eigenvalue weighted by atomic mass is 16.5. The molecule has 0 atom stereocenters. The normalized spacial score (nSPS) is 12.7. The molecule has 31 heavy (non-hydrogen) atoms. The van der Waals surface area contributed by atoms with Crippen LogP contribution in [0, 0.1) is 0 Å². The second-order valence-corrected chi connectivity index (χ2v) is 7.50. The number of nitrogens with zero attached hydrogens (tertiary/aromatic N) is 1. The van der Waals surface area contributed by atoms with Crippen molar-refractivity contribution in [3.63, 3.8) is 0 Å². The van der Waals surface area contributed by atoms with Crippen LogP contribution in [0.25, 0.3) is 0 Å². The maximum Gasteiger partial charge on any atom is 0.255 e. The van der Waals surface area contributed by atoms with Gasteiger partial charge >= 0.3 is 0 Å². The zero-order valence-corrected chi connectivity index (χ0v) is 17.9. The number of benzene rings is 2. The quantitative estimate of drug-likeness (QED) is 0.584. The van der Waals surface area contributed by atoms with Crippen LogP contribution in [0.2, 0.25) is 0 Å². The Morgan fingerprint density at radius 1 is 1.10 bits per heavy atom. The molecule has 1 N–H and O–H groups in total. The van der Waals surface area contributed by atoms with Gasteiger partial charge in [0, 0.05) is 17.7 Å². The molecular formula is C26H28N2O3. The summed E-state index contributed by atoms with van der Waals surface area (Å²) in [6.45, 7) is 11.1. The summed E-state index contributed by atoms with van der Waals surface area (Å²) in [6, 6.07) is 15.1. The van der Waals surface area contributed by atoms with Crippen LogP contribution in [0.3, 0.4) is 0 Å². The fraction of sp³-hybridized carbons (Fsp3) is 0.231. The Labute approximate surface area is 183 Å². The number of amides is 2. The van der Waals surface area contributed by atoms with Crippen LogP contribution >= 0.6 is 0 Å². The summed E-state index contributed by atoms with van der Waals surface area (Å²) in [7, 11) is 0. The Bertz CT molecular complexity index is 1010. The number of nitrogens with one attached hydrogen (secondary N) is 1. The smallest absolute Gasteiger partial charge is 0.255 e. The summed E-state index contributed by atoms with van der Waals surface area (Å²) >= 11 is 0. The average Bonchev–Trinajstić information content (AvgIpc) is 3.11. The molecule has 0 fully saturated rings. The van der Waals surface area contributed by atoms with Gasteiger partial charge in [-0.05, 0) is 29.7 Å².